The lowest BCUT2D eigenvalue weighted by Crippen LogP contribution is -2.25. The summed E-state index contributed by atoms with van der Waals surface area (Å²) in [6.07, 6.45) is 7.05. The summed E-state index contributed by atoms with van der Waals surface area (Å²) < 4.78 is 0. The molecule has 96 valence electrons. The van der Waals surface area contributed by atoms with Gasteiger partial charge in [-0.2, -0.15) is 5.26 Å². The summed E-state index contributed by atoms with van der Waals surface area (Å²) in [6, 6.07) is 5.98. The first-order valence-corrected chi connectivity index (χ1v) is 6.16. The maximum atomic E-state index is 8.73. The van der Waals surface area contributed by atoms with Crippen molar-refractivity contribution in [3.63, 3.8) is 0 Å². The zero-order valence-electron chi connectivity index (χ0n) is 10.2. The quantitative estimate of drug-likeness (QED) is 0.837. The van der Waals surface area contributed by atoms with Crippen LogP contribution in [0.25, 0.3) is 0 Å². The fourth-order valence-corrected chi connectivity index (χ4v) is 1.80. The molecule has 0 unspecified atom stereocenters. The Bertz CT molecular complexity index is 567. The third-order valence-electron chi connectivity index (χ3n) is 2.51. The SMILES string of the molecule is N#CCCN(Cc1cccnc1)c1cncc(Cl)n1. The third kappa shape index (κ3) is 3.90. The third-order valence-corrected chi connectivity index (χ3v) is 2.69. The van der Waals surface area contributed by atoms with E-state index in [1.54, 1.807) is 18.6 Å². The average Bonchev–Trinajstić information content (AvgIpc) is 2.44. The van der Waals surface area contributed by atoms with Crippen molar-refractivity contribution in [2.75, 3.05) is 11.4 Å². The normalized spacial score (nSPS) is 9.89. The minimum atomic E-state index is 0.339. The van der Waals surface area contributed by atoms with E-state index in [9.17, 15) is 0 Å². The summed E-state index contributed by atoms with van der Waals surface area (Å²) >= 11 is 5.85. The Balaban J connectivity index is 2.19. The molecule has 0 saturated carbocycles. The van der Waals surface area contributed by atoms with Crippen LogP contribution in [-0.4, -0.2) is 21.5 Å². The molecule has 0 aromatic carbocycles. The van der Waals surface area contributed by atoms with Crippen molar-refractivity contribution in [2.24, 2.45) is 0 Å². The molecule has 0 aliphatic rings. The number of pyridine rings is 1. The van der Waals surface area contributed by atoms with Crippen LogP contribution < -0.4 is 4.90 Å². The van der Waals surface area contributed by atoms with Crippen LogP contribution in [0, 0.1) is 11.3 Å². The molecule has 2 aromatic heterocycles. The van der Waals surface area contributed by atoms with E-state index >= 15 is 0 Å². The molecule has 0 aliphatic heterocycles. The number of hydrogen-bond donors (Lipinski definition) is 0. The minimum Gasteiger partial charge on any atom is -0.350 e. The molecular formula is C13H12ClN5. The maximum absolute atomic E-state index is 8.73. The van der Waals surface area contributed by atoms with Crippen LogP contribution in [0.5, 0.6) is 0 Å². The molecule has 5 nitrogen and oxygen atoms in total. The first-order valence-electron chi connectivity index (χ1n) is 5.78. The highest BCUT2D eigenvalue weighted by molar-refractivity contribution is 6.29. The number of aromatic nitrogens is 3. The molecule has 0 aliphatic carbocycles. The average molecular weight is 274 g/mol. The van der Waals surface area contributed by atoms with E-state index in [1.165, 1.54) is 6.20 Å². The summed E-state index contributed by atoms with van der Waals surface area (Å²) in [5.74, 6) is 0.659. The van der Waals surface area contributed by atoms with Crippen molar-refractivity contribution in [3.05, 3.63) is 47.6 Å². The van der Waals surface area contributed by atoms with Crippen molar-refractivity contribution in [2.45, 2.75) is 13.0 Å². The van der Waals surface area contributed by atoms with Gasteiger partial charge in [0.15, 0.2) is 0 Å². The van der Waals surface area contributed by atoms with E-state index < -0.39 is 0 Å². The molecule has 0 spiro atoms. The Labute approximate surface area is 116 Å². The molecule has 0 N–H and O–H groups in total. The molecular weight excluding hydrogens is 262 g/mol. The molecule has 0 amide bonds. The van der Waals surface area contributed by atoms with E-state index in [0.717, 1.165) is 5.56 Å². The molecule has 0 atom stereocenters. The van der Waals surface area contributed by atoms with Crippen LogP contribution in [0.3, 0.4) is 0 Å². The van der Waals surface area contributed by atoms with Crippen LogP contribution in [-0.2, 0) is 6.54 Å². The lowest BCUT2D eigenvalue weighted by molar-refractivity contribution is 0.777. The first kappa shape index (κ1) is 13.2. The zero-order chi connectivity index (χ0) is 13.5. The predicted octanol–water partition coefficient (Wildman–Crippen LogP) is 2.45. The molecule has 0 radical (unpaired) electrons. The molecule has 2 rings (SSSR count). The van der Waals surface area contributed by atoms with Crippen molar-refractivity contribution in [1.82, 2.24) is 15.0 Å². The molecule has 0 saturated heterocycles. The van der Waals surface area contributed by atoms with Gasteiger partial charge in [0.2, 0.25) is 0 Å². The van der Waals surface area contributed by atoms with E-state index in [2.05, 4.69) is 21.0 Å². The lowest BCUT2D eigenvalue weighted by Gasteiger charge is -2.22. The smallest absolute Gasteiger partial charge is 0.149 e. The molecule has 6 heteroatoms. The van der Waals surface area contributed by atoms with Crippen molar-refractivity contribution in [1.29, 1.82) is 5.26 Å². The van der Waals surface area contributed by atoms with Gasteiger partial charge in [0.05, 0.1) is 24.9 Å². The van der Waals surface area contributed by atoms with Crippen LogP contribution in [0.2, 0.25) is 5.15 Å². The molecule has 0 bridgehead atoms. The summed E-state index contributed by atoms with van der Waals surface area (Å²) in [5.41, 5.74) is 1.04. The highest BCUT2D eigenvalue weighted by Gasteiger charge is 2.09. The minimum absolute atomic E-state index is 0.339. The Kier molecular flexibility index (Phi) is 4.65. The van der Waals surface area contributed by atoms with Crippen molar-refractivity contribution < 1.29 is 0 Å². The number of anilines is 1. The Morgan fingerprint density at radius 2 is 2.16 bits per heavy atom. The predicted molar refractivity (Wildman–Crippen MR) is 72.6 cm³/mol. The second-order valence-corrected chi connectivity index (χ2v) is 4.28. The van der Waals surface area contributed by atoms with E-state index in [1.807, 2.05) is 17.0 Å². The van der Waals surface area contributed by atoms with Crippen LogP contribution >= 0.6 is 11.6 Å². The number of nitriles is 1. The standard InChI is InChI=1S/C13H12ClN5/c14-12-8-17-9-13(18-12)19(6-2-4-15)10-11-3-1-5-16-7-11/h1,3,5,7-9H,2,6,10H2. The van der Waals surface area contributed by atoms with Crippen LogP contribution in [0.4, 0.5) is 5.82 Å². The van der Waals surface area contributed by atoms with Gasteiger partial charge in [-0.05, 0) is 11.6 Å². The summed E-state index contributed by atoms with van der Waals surface area (Å²) in [4.78, 5) is 14.3. The number of rotatable bonds is 5. The second kappa shape index (κ2) is 6.66. The van der Waals surface area contributed by atoms with Gasteiger partial charge in [-0.3, -0.25) is 9.97 Å². The second-order valence-electron chi connectivity index (χ2n) is 3.89. The van der Waals surface area contributed by atoms with Gasteiger partial charge in [-0.25, -0.2) is 4.98 Å². The number of nitrogens with zero attached hydrogens (tertiary/aromatic N) is 5. The Hall–Kier alpha value is -2.19. The van der Waals surface area contributed by atoms with Gasteiger partial charge in [0.1, 0.15) is 11.0 Å². The number of halogens is 1. The first-order chi connectivity index (χ1) is 9.29. The molecule has 2 aromatic rings. The van der Waals surface area contributed by atoms with E-state index in [4.69, 9.17) is 16.9 Å². The van der Waals surface area contributed by atoms with Crippen molar-refractivity contribution in [3.8, 4) is 6.07 Å². The van der Waals surface area contributed by atoms with E-state index in [-0.39, 0.29) is 0 Å². The van der Waals surface area contributed by atoms with Gasteiger partial charge in [0.25, 0.3) is 0 Å². The lowest BCUT2D eigenvalue weighted by atomic mass is 10.2. The highest BCUT2D eigenvalue weighted by atomic mass is 35.5. The zero-order valence-corrected chi connectivity index (χ0v) is 11.0. The van der Waals surface area contributed by atoms with Gasteiger partial charge in [0, 0.05) is 25.5 Å². The van der Waals surface area contributed by atoms with Gasteiger partial charge < -0.3 is 4.90 Å². The van der Waals surface area contributed by atoms with Gasteiger partial charge >= 0.3 is 0 Å². The highest BCUT2D eigenvalue weighted by Crippen LogP contribution is 2.15. The monoisotopic (exact) mass is 273 g/mol. The molecule has 0 fully saturated rings. The van der Waals surface area contributed by atoms with Crippen molar-refractivity contribution >= 4 is 17.4 Å². The molecule has 19 heavy (non-hydrogen) atoms. The van der Waals surface area contributed by atoms with Gasteiger partial charge in [-0.15, -0.1) is 0 Å². The van der Waals surface area contributed by atoms with Crippen LogP contribution in [0.15, 0.2) is 36.9 Å². The largest absolute Gasteiger partial charge is 0.350 e. The Morgan fingerprint density at radius 3 is 2.84 bits per heavy atom. The maximum Gasteiger partial charge on any atom is 0.149 e. The topological polar surface area (TPSA) is 65.7 Å². The van der Waals surface area contributed by atoms with Gasteiger partial charge in [-0.1, -0.05) is 17.7 Å². The molecule has 2 heterocycles. The Morgan fingerprint density at radius 1 is 1.26 bits per heavy atom. The fraction of sp³-hybridized carbons (Fsp3) is 0.231. The summed E-state index contributed by atoms with van der Waals surface area (Å²) in [5, 5.41) is 9.07. The fourth-order valence-electron chi connectivity index (χ4n) is 1.66. The summed E-state index contributed by atoms with van der Waals surface area (Å²) in [7, 11) is 0. The summed E-state index contributed by atoms with van der Waals surface area (Å²) in [6.45, 7) is 1.19. The number of hydrogen-bond acceptors (Lipinski definition) is 5. The van der Waals surface area contributed by atoms with Crippen LogP contribution in [0.1, 0.15) is 12.0 Å². The van der Waals surface area contributed by atoms with E-state index in [0.29, 0.717) is 30.5 Å².